The van der Waals surface area contributed by atoms with Crippen LogP contribution in [0.3, 0.4) is 0 Å². The van der Waals surface area contributed by atoms with Crippen molar-refractivity contribution in [3.05, 3.63) is 47.0 Å². The Labute approximate surface area is 116 Å². The molecule has 0 saturated carbocycles. The minimum atomic E-state index is -3.72. The van der Waals surface area contributed by atoms with Crippen LogP contribution in [0, 0.1) is 12.7 Å². The lowest BCUT2D eigenvalue weighted by atomic mass is 10.2. The number of hydrogen-bond acceptors (Lipinski definition) is 4. The van der Waals surface area contributed by atoms with E-state index in [0.29, 0.717) is 0 Å². The predicted molar refractivity (Wildman–Crippen MR) is 71.6 cm³/mol. The van der Waals surface area contributed by atoms with Crippen molar-refractivity contribution in [1.82, 2.24) is 14.9 Å². The van der Waals surface area contributed by atoms with Gasteiger partial charge in [-0.05, 0) is 25.1 Å². The second kappa shape index (κ2) is 5.70. The lowest BCUT2D eigenvalue weighted by Gasteiger charge is -2.08. The van der Waals surface area contributed by atoms with Crippen LogP contribution in [0.4, 0.5) is 4.39 Å². The maximum absolute atomic E-state index is 13.3. The third-order valence-electron chi connectivity index (χ3n) is 2.93. The van der Waals surface area contributed by atoms with E-state index in [1.54, 1.807) is 13.1 Å². The van der Waals surface area contributed by atoms with Gasteiger partial charge in [-0.1, -0.05) is 0 Å². The van der Waals surface area contributed by atoms with Gasteiger partial charge in [0.25, 0.3) is 0 Å². The maximum Gasteiger partial charge on any atom is 0.240 e. The van der Waals surface area contributed by atoms with Gasteiger partial charge in [0.2, 0.25) is 10.0 Å². The SMILES string of the molecule is Cc1[nH]ncc1CNS(=O)(=O)c1ccc(F)c(CN)c1. The fourth-order valence-corrected chi connectivity index (χ4v) is 2.74. The number of rotatable bonds is 5. The van der Waals surface area contributed by atoms with Gasteiger partial charge in [0.1, 0.15) is 5.82 Å². The summed E-state index contributed by atoms with van der Waals surface area (Å²) in [5.74, 6) is -0.517. The van der Waals surface area contributed by atoms with Crippen LogP contribution >= 0.6 is 0 Å². The van der Waals surface area contributed by atoms with Crippen LogP contribution < -0.4 is 10.5 Å². The average Bonchev–Trinajstić information content (AvgIpc) is 2.82. The van der Waals surface area contributed by atoms with Crippen LogP contribution in [0.25, 0.3) is 0 Å². The van der Waals surface area contributed by atoms with E-state index in [-0.39, 0.29) is 23.5 Å². The Morgan fingerprint density at radius 1 is 1.40 bits per heavy atom. The predicted octanol–water partition coefficient (Wildman–Crippen LogP) is 0.794. The lowest BCUT2D eigenvalue weighted by molar-refractivity contribution is 0.579. The van der Waals surface area contributed by atoms with Crippen molar-refractivity contribution < 1.29 is 12.8 Å². The molecule has 1 aromatic carbocycles. The molecule has 0 saturated heterocycles. The molecule has 0 bridgehead atoms. The largest absolute Gasteiger partial charge is 0.326 e. The molecule has 0 aliphatic carbocycles. The zero-order chi connectivity index (χ0) is 14.8. The van der Waals surface area contributed by atoms with Gasteiger partial charge in [0.15, 0.2) is 0 Å². The molecule has 0 spiro atoms. The molecule has 1 heterocycles. The third-order valence-corrected chi connectivity index (χ3v) is 4.33. The summed E-state index contributed by atoms with van der Waals surface area (Å²) in [4.78, 5) is -0.0134. The van der Waals surface area contributed by atoms with E-state index in [9.17, 15) is 12.8 Å². The van der Waals surface area contributed by atoms with Crippen molar-refractivity contribution >= 4 is 10.0 Å². The highest BCUT2D eigenvalue weighted by atomic mass is 32.2. The summed E-state index contributed by atoms with van der Waals surface area (Å²) >= 11 is 0. The second-order valence-corrected chi connectivity index (χ2v) is 6.07. The van der Waals surface area contributed by atoms with Gasteiger partial charge >= 0.3 is 0 Å². The van der Waals surface area contributed by atoms with Crippen LogP contribution in [0.2, 0.25) is 0 Å². The van der Waals surface area contributed by atoms with Crippen LogP contribution in [0.15, 0.2) is 29.3 Å². The summed E-state index contributed by atoms with van der Waals surface area (Å²) in [6.07, 6.45) is 1.55. The van der Waals surface area contributed by atoms with E-state index in [0.717, 1.165) is 17.3 Å². The first-order chi connectivity index (χ1) is 9.44. The second-order valence-electron chi connectivity index (χ2n) is 4.30. The summed E-state index contributed by atoms with van der Waals surface area (Å²) in [7, 11) is -3.72. The molecule has 2 rings (SSSR count). The standard InChI is InChI=1S/C12H15FN4O2S/c1-8-10(6-15-17-8)7-16-20(18,19)11-2-3-12(13)9(4-11)5-14/h2-4,6,16H,5,7,14H2,1H3,(H,15,17). The Morgan fingerprint density at radius 2 is 2.15 bits per heavy atom. The van der Waals surface area contributed by atoms with Crippen molar-refractivity contribution in [3.8, 4) is 0 Å². The normalized spacial score (nSPS) is 11.8. The zero-order valence-electron chi connectivity index (χ0n) is 10.9. The minimum Gasteiger partial charge on any atom is -0.326 e. The summed E-state index contributed by atoms with van der Waals surface area (Å²) in [5, 5.41) is 6.53. The third kappa shape index (κ3) is 3.03. The first-order valence-electron chi connectivity index (χ1n) is 5.91. The molecule has 0 amide bonds. The average molecular weight is 298 g/mol. The first kappa shape index (κ1) is 14.6. The molecule has 0 aliphatic rings. The molecule has 8 heteroatoms. The fourth-order valence-electron chi connectivity index (χ4n) is 1.68. The first-order valence-corrected chi connectivity index (χ1v) is 7.39. The molecule has 4 N–H and O–H groups in total. The number of aromatic nitrogens is 2. The van der Waals surface area contributed by atoms with E-state index >= 15 is 0 Å². The number of H-pyrrole nitrogens is 1. The monoisotopic (exact) mass is 298 g/mol. The van der Waals surface area contributed by atoms with Gasteiger partial charge in [-0.25, -0.2) is 17.5 Å². The quantitative estimate of drug-likeness (QED) is 0.759. The number of sulfonamides is 1. The molecule has 108 valence electrons. The van der Waals surface area contributed by atoms with E-state index in [1.807, 2.05) is 0 Å². The smallest absolute Gasteiger partial charge is 0.240 e. The van der Waals surface area contributed by atoms with Crippen molar-refractivity contribution in [3.63, 3.8) is 0 Å². The number of benzene rings is 1. The molecule has 6 nitrogen and oxygen atoms in total. The number of nitrogens with zero attached hydrogens (tertiary/aromatic N) is 1. The molecule has 2 aromatic rings. The molecule has 0 aliphatic heterocycles. The highest BCUT2D eigenvalue weighted by Gasteiger charge is 2.16. The molecular formula is C12H15FN4O2S. The number of aryl methyl sites for hydroxylation is 1. The van der Waals surface area contributed by atoms with Crippen LogP contribution in [-0.2, 0) is 23.1 Å². The highest BCUT2D eigenvalue weighted by molar-refractivity contribution is 7.89. The van der Waals surface area contributed by atoms with Crippen molar-refractivity contribution in [2.24, 2.45) is 5.73 Å². The Bertz CT molecular complexity index is 712. The zero-order valence-corrected chi connectivity index (χ0v) is 11.7. The maximum atomic E-state index is 13.3. The minimum absolute atomic E-state index is 0.0134. The van der Waals surface area contributed by atoms with Gasteiger partial charge in [0, 0.05) is 29.9 Å². The summed E-state index contributed by atoms with van der Waals surface area (Å²) in [6, 6.07) is 3.54. The number of nitrogens with one attached hydrogen (secondary N) is 2. The summed E-state index contributed by atoms with van der Waals surface area (Å²) in [6.45, 7) is 1.84. The number of hydrogen-bond donors (Lipinski definition) is 3. The van der Waals surface area contributed by atoms with Crippen molar-refractivity contribution in [2.45, 2.75) is 24.9 Å². The Balaban J connectivity index is 2.20. The summed E-state index contributed by atoms with van der Waals surface area (Å²) in [5.41, 5.74) is 7.06. The molecular weight excluding hydrogens is 283 g/mol. The van der Waals surface area contributed by atoms with E-state index in [1.165, 1.54) is 12.1 Å². The van der Waals surface area contributed by atoms with E-state index in [2.05, 4.69) is 14.9 Å². The van der Waals surface area contributed by atoms with E-state index < -0.39 is 15.8 Å². The molecule has 0 radical (unpaired) electrons. The Kier molecular flexibility index (Phi) is 4.17. The molecule has 1 aromatic heterocycles. The fraction of sp³-hybridized carbons (Fsp3) is 0.250. The van der Waals surface area contributed by atoms with Crippen molar-refractivity contribution in [1.29, 1.82) is 0 Å². The number of nitrogens with two attached hydrogens (primary N) is 1. The number of halogens is 1. The molecule has 20 heavy (non-hydrogen) atoms. The molecule has 0 unspecified atom stereocenters. The highest BCUT2D eigenvalue weighted by Crippen LogP contribution is 2.15. The molecule has 0 atom stereocenters. The van der Waals surface area contributed by atoms with Gasteiger partial charge in [-0.15, -0.1) is 0 Å². The van der Waals surface area contributed by atoms with E-state index in [4.69, 9.17) is 5.73 Å². The summed E-state index contributed by atoms with van der Waals surface area (Å²) < 4.78 is 40.0. The van der Waals surface area contributed by atoms with Gasteiger partial charge < -0.3 is 5.73 Å². The topological polar surface area (TPSA) is 101 Å². The van der Waals surface area contributed by atoms with Gasteiger partial charge in [-0.3, -0.25) is 5.10 Å². The Hall–Kier alpha value is -1.77. The van der Waals surface area contributed by atoms with Crippen molar-refractivity contribution in [2.75, 3.05) is 0 Å². The van der Waals surface area contributed by atoms with Crippen LogP contribution in [-0.4, -0.2) is 18.6 Å². The van der Waals surface area contributed by atoms with Crippen LogP contribution in [0.1, 0.15) is 16.8 Å². The van der Waals surface area contributed by atoms with Gasteiger partial charge in [0.05, 0.1) is 11.1 Å². The Morgan fingerprint density at radius 3 is 2.75 bits per heavy atom. The van der Waals surface area contributed by atoms with Gasteiger partial charge in [-0.2, -0.15) is 5.10 Å². The number of aromatic amines is 1. The van der Waals surface area contributed by atoms with Crippen LogP contribution in [0.5, 0.6) is 0 Å². The molecule has 0 fully saturated rings. The lowest BCUT2D eigenvalue weighted by Crippen LogP contribution is -2.23.